The number of hydrogen-bond donors (Lipinski definition) is 1. The van der Waals surface area contributed by atoms with Crippen LogP contribution in [0.3, 0.4) is 0 Å². The van der Waals surface area contributed by atoms with Gasteiger partial charge in [0.15, 0.2) is 0 Å². The van der Waals surface area contributed by atoms with Gasteiger partial charge >= 0.3 is 18.0 Å². The Kier molecular flexibility index (Phi) is 4080. The van der Waals surface area contributed by atoms with E-state index in [0.29, 0.717) is 0 Å². The van der Waals surface area contributed by atoms with Crippen LogP contribution in [0.2, 0.25) is 0 Å². The zero-order valence-corrected chi connectivity index (χ0v) is 6.38. The van der Waals surface area contributed by atoms with Crippen molar-refractivity contribution in [3.05, 3.63) is 0 Å². The van der Waals surface area contributed by atoms with Gasteiger partial charge in [0.2, 0.25) is 0 Å². The van der Waals surface area contributed by atoms with E-state index in [1.54, 1.807) is 0 Å². The van der Waals surface area contributed by atoms with Gasteiger partial charge in [-0.25, -0.2) is 0 Å². The molecule has 2 nitrogen and oxygen atoms in total. The van der Waals surface area contributed by atoms with E-state index in [1.165, 1.54) is 0 Å². The molecular formula is CH14AsNOS. The third kappa shape index (κ3) is 56.3. The minimum absolute atomic E-state index is 0. The quantitative estimate of drug-likeness (QED) is 0.452. The molecule has 0 radical (unpaired) electrons. The van der Waals surface area contributed by atoms with Gasteiger partial charge in [-0.15, -0.1) is 0 Å². The van der Waals surface area contributed by atoms with Crippen LogP contribution >= 0.6 is 13.5 Å². The van der Waals surface area contributed by atoms with E-state index in [0.717, 1.165) is 0 Å². The molecule has 0 aliphatic carbocycles. The molecule has 0 fully saturated rings. The van der Waals surface area contributed by atoms with Gasteiger partial charge in [-0.1, -0.05) is 7.43 Å². The molecule has 0 aromatic rings. The molecule has 4 heteroatoms. The molecule has 1 atom stereocenters. The van der Waals surface area contributed by atoms with Crippen LogP contribution < -0.4 is 6.15 Å². The van der Waals surface area contributed by atoms with E-state index in [1.807, 2.05) is 0 Å². The summed E-state index contributed by atoms with van der Waals surface area (Å²) in [5.41, 5.74) is 0. The van der Waals surface area contributed by atoms with Gasteiger partial charge in [0.05, 0.1) is 0 Å². The molecule has 0 saturated carbocycles. The second-order valence-corrected chi connectivity index (χ2v) is 0. The second-order valence-electron chi connectivity index (χ2n) is 0. The average molecular weight is 163 g/mol. The topological polar surface area (TPSA) is 66.5 Å². The van der Waals surface area contributed by atoms with E-state index in [9.17, 15) is 0 Å². The van der Waals surface area contributed by atoms with Crippen LogP contribution in [-0.4, -0.2) is 23.4 Å². The Labute approximate surface area is 51.0 Å². The monoisotopic (exact) mass is 163 g/mol. The Morgan fingerprint density at radius 1 is 1.00 bits per heavy atom. The molecule has 0 aliphatic heterocycles. The summed E-state index contributed by atoms with van der Waals surface area (Å²) in [6, 6.07) is 0. The van der Waals surface area contributed by atoms with E-state index in [4.69, 9.17) is 0 Å². The van der Waals surface area contributed by atoms with Gasteiger partial charge in [0.25, 0.3) is 0 Å². The van der Waals surface area contributed by atoms with Crippen molar-refractivity contribution >= 4 is 31.4 Å². The Morgan fingerprint density at radius 3 is 1.00 bits per heavy atom. The van der Waals surface area contributed by atoms with Gasteiger partial charge in [0, 0.05) is 0 Å². The fraction of sp³-hybridized carbons (Fsp3) is 1.00. The van der Waals surface area contributed by atoms with Gasteiger partial charge < -0.3 is 11.6 Å². The fourth-order valence-electron chi connectivity index (χ4n) is 0. The van der Waals surface area contributed by atoms with Crippen molar-refractivity contribution in [3.63, 3.8) is 0 Å². The molecule has 0 heterocycles. The van der Waals surface area contributed by atoms with Crippen molar-refractivity contribution in [1.82, 2.24) is 6.15 Å². The zero-order valence-electron chi connectivity index (χ0n) is 2.41. The van der Waals surface area contributed by atoms with Crippen LogP contribution in [-0.2, 0) is 0 Å². The normalized spacial score (nSPS) is 0. The maximum atomic E-state index is 0. The molecule has 0 rings (SSSR count). The summed E-state index contributed by atoms with van der Waals surface area (Å²) in [7, 11) is 0. The van der Waals surface area contributed by atoms with Crippen molar-refractivity contribution in [3.8, 4) is 0 Å². The second kappa shape index (κ2) is 103. The third-order valence-electron chi connectivity index (χ3n) is 0. The maximum absolute atomic E-state index is 0. The Balaban J connectivity index is 0. The van der Waals surface area contributed by atoms with E-state index in [2.05, 4.69) is 0 Å². The molecule has 5 N–H and O–H groups in total. The van der Waals surface area contributed by atoms with Crippen molar-refractivity contribution in [1.29, 1.82) is 0 Å². The van der Waals surface area contributed by atoms with Crippen LogP contribution in [0, 0.1) is 0 Å². The Morgan fingerprint density at radius 2 is 1.00 bits per heavy atom. The molecule has 0 spiro atoms. The first-order valence-electron chi connectivity index (χ1n) is 0. The summed E-state index contributed by atoms with van der Waals surface area (Å²) in [6.07, 6.45) is 0. The minimum atomic E-state index is 0. The average Bonchev–Trinajstić information content (AvgIpc) is 0. The summed E-state index contributed by atoms with van der Waals surface area (Å²) in [5, 5.41) is 0. The summed E-state index contributed by atoms with van der Waals surface area (Å²) in [4.78, 5) is 0. The molecular weight excluding hydrogens is 149 g/mol. The SMILES string of the molecule is C.N.O.S.[AsH3]. The first-order valence-corrected chi connectivity index (χ1v) is 0. The molecule has 0 saturated heterocycles. The molecule has 1 unspecified atom stereocenters. The van der Waals surface area contributed by atoms with E-state index < -0.39 is 0 Å². The molecule has 40 valence electrons. The molecule has 5 heavy (non-hydrogen) atoms. The van der Waals surface area contributed by atoms with Crippen LogP contribution in [0.5, 0.6) is 0 Å². The molecule has 0 aromatic carbocycles. The van der Waals surface area contributed by atoms with Crippen molar-refractivity contribution < 1.29 is 5.48 Å². The van der Waals surface area contributed by atoms with Gasteiger partial charge in [0.1, 0.15) is 0 Å². The number of rotatable bonds is 0. The summed E-state index contributed by atoms with van der Waals surface area (Å²) < 4.78 is 0. The molecule has 0 aromatic heterocycles. The van der Waals surface area contributed by atoms with Gasteiger partial charge in [-0.05, 0) is 0 Å². The predicted molar refractivity (Wildman–Crippen MR) is 35.7 cm³/mol. The standard InChI is InChI=1S/CH4.AsH3.H3N.H2O.H2S/h1H4;2*1H3;2*1H2. The van der Waals surface area contributed by atoms with Crippen molar-refractivity contribution in [2.75, 3.05) is 0 Å². The van der Waals surface area contributed by atoms with E-state index in [-0.39, 0.29) is 50.5 Å². The van der Waals surface area contributed by atoms with Gasteiger partial charge in [-0.3, -0.25) is 0 Å². The van der Waals surface area contributed by atoms with Crippen LogP contribution in [0.4, 0.5) is 0 Å². The summed E-state index contributed by atoms with van der Waals surface area (Å²) in [5.74, 6) is 0. The zero-order chi connectivity index (χ0) is 0. The van der Waals surface area contributed by atoms with Gasteiger partial charge in [-0.2, -0.15) is 13.5 Å². The van der Waals surface area contributed by atoms with E-state index >= 15 is 0 Å². The molecule has 0 aliphatic rings. The number of hydrogen-bond acceptors (Lipinski definition) is 1. The molecule has 0 amide bonds. The summed E-state index contributed by atoms with van der Waals surface area (Å²) in [6.45, 7) is 0. The summed E-state index contributed by atoms with van der Waals surface area (Å²) >= 11 is 0. The predicted octanol–water partition coefficient (Wildman–Crippen LogP) is -1.10. The third-order valence-corrected chi connectivity index (χ3v) is 0. The fourth-order valence-corrected chi connectivity index (χ4v) is 0. The Bertz CT molecular complexity index is 11.6. The molecule has 0 bridgehead atoms. The van der Waals surface area contributed by atoms with Crippen LogP contribution in [0.25, 0.3) is 0 Å². The first kappa shape index (κ1) is 198. The van der Waals surface area contributed by atoms with Crippen molar-refractivity contribution in [2.45, 2.75) is 7.43 Å². The van der Waals surface area contributed by atoms with Crippen LogP contribution in [0.1, 0.15) is 7.43 Å². The first-order chi connectivity index (χ1) is 0. The van der Waals surface area contributed by atoms with Crippen LogP contribution in [0.15, 0.2) is 0 Å². The van der Waals surface area contributed by atoms with Crippen molar-refractivity contribution in [2.24, 2.45) is 0 Å². The Hall–Kier alpha value is 0.828.